The van der Waals surface area contributed by atoms with Gasteiger partial charge in [-0.1, -0.05) is 12.1 Å². The number of aryl methyl sites for hydroxylation is 1. The quantitative estimate of drug-likeness (QED) is 0.919. The third-order valence-corrected chi connectivity index (χ3v) is 4.35. The van der Waals surface area contributed by atoms with Crippen molar-refractivity contribution in [3.63, 3.8) is 0 Å². The van der Waals surface area contributed by atoms with E-state index in [2.05, 4.69) is 5.32 Å². The van der Waals surface area contributed by atoms with Crippen LogP contribution in [0.5, 0.6) is 5.75 Å². The molecule has 126 valence electrons. The van der Waals surface area contributed by atoms with Gasteiger partial charge in [0, 0.05) is 31.4 Å². The van der Waals surface area contributed by atoms with E-state index in [0.717, 1.165) is 24.2 Å². The predicted octanol–water partition coefficient (Wildman–Crippen LogP) is 2.64. The Morgan fingerprint density at radius 3 is 2.58 bits per heavy atom. The van der Waals surface area contributed by atoms with E-state index in [4.69, 9.17) is 4.74 Å². The van der Waals surface area contributed by atoms with E-state index >= 15 is 0 Å². The van der Waals surface area contributed by atoms with Gasteiger partial charge < -0.3 is 14.6 Å². The van der Waals surface area contributed by atoms with Crippen molar-refractivity contribution in [2.75, 3.05) is 0 Å². The van der Waals surface area contributed by atoms with Crippen LogP contribution in [0.3, 0.4) is 0 Å². The molecule has 1 aliphatic rings. The number of benzene rings is 1. The number of ether oxygens (including phenoxy) is 1. The minimum atomic E-state index is -0.251. The van der Waals surface area contributed by atoms with Gasteiger partial charge in [0.25, 0.3) is 11.5 Å². The molecule has 1 aromatic carbocycles. The highest BCUT2D eigenvalue weighted by Crippen LogP contribution is 2.24. The van der Waals surface area contributed by atoms with Crippen LogP contribution in [0.25, 0.3) is 0 Å². The lowest BCUT2D eigenvalue weighted by atomic mass is 10.2. The Morgan fingerprint density at radius 2 is 1.92 bits per heavy atom. The second kappa shape index (κ2) is 7.34. The highest BCUT2D eigenvalue weighted by molar-refractivity contribution is 5.93. The maximum absolute atomic E-state index is 12.1. The Labute approximate surface area is 141 Å². The van der Waals surface area contributed by atoms with Crippen molar-refractivity contribution in [1.82, 2.24) is 9.88 Å². The van der Waals surface area contributed by atoms with Gasteiger partial charge in [0.1, 0.15) is 5.75 Å². The van der Waals surface area contributed by atoms with Crippen molar-refractivity contribution in [1.29, 1.82) is 0 Å². The second-order valence-corrected chi connectivity index (χ2v) is 6.22. The summed E-state index contributed by atoms with van der Waals surface area (Å²) in [6.45, 7) is 0.414. The molecular weight excluding hydrogens is 304 g/mol. The van der Waals surface area contributed by atoms with E-state index < -0.39 is 0 Å². The maximum atomic E-state index is 12.1. The molecule has 0 spiro atoms. The fourth-order valence-corrected chi connectivity index (χ4v) is 2.86. The molecule has 1 N–H and O–H groups in total. The van der Waals surface area contributed by atoms with Crippen molar-refractivity contribution >= 4 is 5.91 Å². The Kier molecular flexibility index (Phi) is 4.99. The van der Waals surface area contributed by atoms with Crippen LogP contribution in [-0.2, 0) is 13.6 Å². The van der Waals surface area contributed by atoms with Gasteiger partial charge in [0.05, 0.1) is 6.10 Å². The van der Waals surface area contributed by atoms with Crippen molar-refractivity contribution < 1.29 is 9.53 Å². The number of carbonyl (C=O) groups is 1. The van der Waals surface area contributed by atoms with Crippen LogP contribution in [0.1, 0.15) is 41.6 Å². The Hall–Kier alpha value is -2.56. The van der Waals surface area contributed by atoms with Crippen LogP contribution in [0.2, 0.25) is 0 Å². The summed E-state index contributed by atoms with van der Waals surface area (Å²) in [5.41, 5.74) is 1.17. The van der Waals surface area contributed by atoms with Gasteiger partial charge in [-0.2, -0.15) is 0 Å². The lowest BCUT2D eigenvalue weighted by Gasteiger charge is -2.13. The van der Waals surface area contributed by atoms with E-state index in [0.29, 0.717) is 18.2 Å². The third-order valence-electron chi connectivity index (χ3n) is 4.35. The number of amides is 1. The normalized spacial score (nSPS) is 14.5. The molecule has 0 saturated heterocycles. The van der Waals surface area contributed by atoms with E-state index in [1.54, 1.807) is 19.3 Å². The van der Waals surface area contributed by atoms with Crippen molar-refractivity contribution in [3.8, 4) is 5.75 Å². The van der Waals surface area contributed by atoms with Crippen molar-refractivity contribution in [2.45, 2.75) is 38.3 Å². The number of nitrogens with zero attached hydrogens (tertiary/aromatic N) is 1. The van der Waals surface area contributed by atoms with E-state index in [9.17, 15) is 9.59 Å². The molecule has 1 amide bonds. The molecule has 0 atom stereocenters. The van der Waals surface area contributed by atoms with Gasteiger partial charge in [-0.05, 0) is 49.4 Å². The second-order valence-electron chi connectivity index (χ2n) is 6.22. The van der Waals surface area contributed by atoms with Gasteiger partial charge in [-0.25, -0.2) is 0 Å². The Balaban J connectivity index is 1.54. The fourth-order valence-electron chi connectivity index (χ4n) is 2.86. The van der Waals surface area contributed by atoms with Crippen molar-refractivity contribution in [3.05, 3.63) is 64.1 Å². The average molecular weight is 326 g/mol. The van der Waals surface area contributed by atoms with Gasteiger partial charge in [-0.3, -0.25) is 9.59 Å². The molecule has 0 unspecified atom stereocenters. The third kappa shape index (κ3) is 4.04. The number of hydrogen-bond donors (Lipinski definition) is 1. The Morgan fingerprint density at radius 1 is 1.21 bits per heavy atom. The highest BCUT2D eigenvalue weighted by atomic mass is 16.5. The molecule has 0 aliphatic heterocycles. The molecule has 5 heteroatoms. The van der Waals surface area contributed by atoms with E-state index in [1.807, 2.05) is 24.3 Å². The summed E-state index contributed by atoms with van der Waals surface area (Å²) in [6, 6.07) is 10.8. The predicted molar refractivity (Wildman–Crippen MR) is 92.2 cm³/mol. The number of rotatable bonds is 5. The molecule has 2 aromatic rings. The van der Waals surface area contributed by atoms with Crippen LogP contribution in [-0.4, -0.2) is 16.6 Å². The van der Waals surface area contributed by atoms with Crippen LogP contribution < -0.4 is 15.6 Å². The largest absolute Gasteiger partial charge is 0.490 e. The number of pyridine rings is 1. The van der Waals surface area contributed by atoms with Gasteiger partial charge >= 0.3 is 0 Å². The zero-order valence-corrected chi connectivity index (χ0v) is 13.8. The van der Waals surface area contributed by atoms with Crippen LogP contribution in [0.4, 0.5) is 0 Å². The molecule has 3 rings (SSSR count). The number of nitrogens with one attached hydrogen (secondary N) is 1. The first-order valence-electron chi connectivity index (χ1n) is 8.32. The SMILES string of the molecule is Cn1ccc(C(=O)NCc2ccc(OC3CCCC3)cc2)cc1=O. The standard InChI is InChI=1S/C19H22N2O3/c1-21-11-10-15(12-18(21)22)19(23)20-13-14-6-8-17(9-7-14)24-16-4-2-3-5-16/h6-12,16H,2-5,13H2,1H3,(H,20,23). The summed E-state index contributed by atoms with van der Waals surface area (Å²) in [5.74, 6) is 0.627. The summed E-state index contributed by atoms with van der Waals surface area (Å²) in [5, 5.41) is 2.83. The molecule has 24 heavy (non-hydrogen) atoms. The van der Waals surface area contributed by atoms with Gasteiger partial charge in [0.2, 0.25) is 0 Å². The summed E-state index contributed by atoms with van der Waals surface area (Å²) >= 11 is 0. The first-order chi connectivity index (χ1) is 11.6. The topological polar surface area (TPSA) is 60.3 Å². The molecule has 1 fully saturated rings. The first-order valence-corrected chi connectivity index (χ1v) is 8.32. The zero-order valence-electron chi connectivity index (χ0n) is 13.8. The fraction of sp³-hybridized carbons (Fsp3) is 0.368. The lowest BCUT2D eigenvalue weighted by molar-refractivity contribution is 0.0950. The monoisotopic (exact) mass is 326 g/mol. The van der Waals surface area contributed by atoms with Crippen molar-refractivity contribution in [2.24, 2.45) is 7.05 Å². The Bertz CT molecular complexity index is 759. The molecule has 5 nitrogen and oxygen atoms in total. The first kappa shape index (κ1) is 16.3. The minimum absolute atomic E-state index is 0.198. The lowest BCUT2D eigenvalue weighted by Crippen LogP contribution is -2.25. The van der Waals surface area contributed by atoms with E-state index in [1.165, 1.54) is 23.5 Å². The average Bonchev–Trinajstić information content (AvgIpc) is 3.09. The van der Waals surface area contributed by atoms with Gasteiger partial charge in [0.15, 0.2) is 0 Å². The molecule has 1 saturated carbocycles. The summed E-state index contributed by atoms with van der Waals surface area (Å²) in [7, 11) is 1.65. The van der Waals surface area contributed by atoms with Gasteiger partial charge in [-0.15, -0.1) is 0 Å². The molecule has 1 aromatic heterocycles. The molecule has 0 radical (unpaired) electrons. The smallest absolute Gasteiger partial charge is 0.251 e. The molecule has 1 aliphatic carbocycles. The maximum Gasteiger partial charge on any atom is 0.251 e. The van der Waals surface area contributed by atoms with Crippen LogP contribution in [0, 0.1) is 0 Å². The van der Waals surface area contributed by atoms with Crippen LogP contribution in [0.15, 0.2) is 47.4 Å². The molecular formula is C19H22N2O3. The summed E-state index contributed by atoms with van der Waals surface area (Å²) < 4.78 is 7.36. The molecule has 1 heterocycles. The zero-order chi connectivity index (χ0) is 16.9. The highest BCUT2D eigenvalue weighted by Gasteiger charge is 2.16. The van der Waals surface area contributed by atoms with Crippen LogP contribution >= 0.6 is 0 Å². The minimum Gasteiger partial charge on any atom is -0.490 e. The summed E-state index contributed by atoms with van der Waals surface area (Å²) in [4.78, 5) is 23.7. The number of carbonyl (C=O) groups excluding carboxylic acids is 1. The number of aromatic nitrogens is 1. The summed E-state index contributed by atoms with van der Waals surface area (Å²) in [6.07, 6.45) is 6.69. The number of hydrogen-bond acceptors (Lipinski definition) is 3. The van der Waals surface area contributed by atoms with E-state index in [-0.39, 0.29) is 11.5 Å². The molecule has 0 bridgehead atoms.